The Hall–Kier alpha value is -2.34. The first-order valence-corrected chi connectivity index (χ1v) is 5.80. The number of rotatable bonds is 5. The summed E-state index contributed by atoms with van der Waals surface area (Å²) >= 11 is 0. The fourth-order valence-electron chi connectivity index (χ4n) is 1.77. The van der Waals surface area contributed by atoms with Crippen molar-refractivity contribution >= 4 is 16.6 Å². The molecule has 2 aromatic carbocycles. The third-order valence-electron chi connectivity index (χ3n) is 2.66. The van der Waals surface area contributed by atoms with Gasteiger partial charge < -0.3 is 4.74 Å². The summed E-state index contributed by atoms with van der Waals surface area (Å²) in [5, 5.41) is 10.5. The fraction of sp³-hybridized carbons (Fsp3) is 0.200. The summed E-state index contributed by atoms with van der Waals surface area (Å²) in [6, 6.07) is 15.6. The lowest BCUT2D eigenvalue weighted by atomic mass is 10.1. The molecule has 90 valence electrons. The van der Waals surface area contributed by atoms with E-state index in [0.29, 0.717) is 6.61 Å². The predicted octanol–water partition coefficient (Wildman–Crippen LogP) is 3.09. The van der Waals surface area contributed by atoms with Crippen molar-refractivity contribution in [3.63, 3.8) is 0 Å². The van der Waals surface area contributed by atoms with Crippen molar-refractivity contribution in [1.82, 2.24) is 0 Å². The molecule has 0 aromatic heterocycles. The third kappa shape index (κ3) is 2.86. The first-order chi connectivity index (χ1) is 8.81. The van der Waals surface area contributed by atoms with Crippen LogP contribution >= 0.6 is 0 Å². The van der Waals surface area contributed by atoms with Gasteiger partial charge in [-0.25, -0.2) is 0 Å². The Morgan fingerprint density at radius 3 is 2.78 bits per heavy atom. The van der Waals surface area contributed by atoms with E-state index in [1.165, 1.54) is 0 Å². The number of carbonyl (C=O) groups is 1. The van der Waals surface area contributed by atoms with E-state index in [4.69, 9.17) is 10.00 Å². The molecular formula is C15H13NO2. The topological polar surface area (TPSA) is 50.1 Å². The molecule has 18 heavy (non-hydrogen) atoms. The van der Waals surface area contributed by atoms with Gasteiger partial charge in [-0.3, -0.25) is 4.79 Å². The smallest absolute Gasteiger partial charge is 0.150 e. The lowest BCUT2D eigenvalue weighted by Crippen LogP contribution is -2.05. The van der Waals surface area contributed by atoms with Crippen LogP contribution in [-0.4, -0.2) is 12.4 Å². The largest absolute Gasteiger partial charge is 0.492 e. The zero-order valence-corrected chi connectivity index (χ0v) is 9.93. The highest BCUT2D eigenvalue weighted by molar-refractivity contribution is 5.88. The molecule has 2 aromatic rings. The van der Waals surface area contributed by atoms with Crippen LogP contribution in [0, 0.1) is 11.3 Å². The molecule has 0 atom stereocenters. The standard InChI is InChI=1S/C15H13NO2/c16-10-8-13(17)9-11-18-15-7-3-5-12-4-1-2-6-14(12)15/h1-7H,8-9,11H2. The summed E-state index contributed by atoms with van der Waals surface area (Å²) < 4.78 is 5.61. The van der Waals surface area contributed by atoms with Gasteiger partial charge in [0.2, 0.25) is 0 Å². The molecule has 0 aliphatic rings. The molecule has 0 radical (unpaired) electrons. The van der Waals surface area contributed by atoms with E-state index >= 15 is 0 Å². The van der Waals surface area contributed by atoms with E-state index in [0.717, 1.165) is 16.5 Å². The number of hydrogen-bond donors (Lipinski definition) is 0. The second-order valence-electron chi connectivity index (χ2n) is 3.95. The molecule has 0 amide bonds. The zero-order valence-electron chi connectivity index (χ0n) is 9.93. The average Bonchev–Trinajstić information content (AvgIpc) is 2.39. The van der Waals surface area contributed by atoms with Gasteiger partial charge in [-0.2, -0.15) is 5.26 Å². The lowest BCUT2D eigenvalue weighted by molar-refractivity contribution is -0.118. The van der Waals surface area contributed by atoms with Crippen molar-refractivity contribution in [2.24, 2.45) is 0 Å². The molecule has 2 rings (SSSR count). The monoisotopic (exact) mass is 239 g/mol. The van der Waals surface area contributed by atoms with Crippen LogP contribution in [0.5, 0.6) is 5.75 Å². The van der Waals surface area contributed by atoms with Gasteiger partial charge in [-0.05, 0) is 11.5 Å². The van der Waals surface area contributed by atoms with Crippen LogP contribution in [0.1, 0.15) is 12.8 Å². The molecule has 0 aliphatic carbocycles. The van der Waals surface area contributed by atoms with Crippen molar-refractivity contribution < 1.29 is 9.53 Å². The molecule has 0 heterocycles. The summed E-state index contributed by atoms with van der Waals surface area (Å²) in [5.74, 6) is 0.690. The van der Waals surface area contributed by atoms with Crippen LogP contribution in [0.4, 0.5) is 0 Å². The number of carbonyl (C=O) groups excluding carboxylic acids is 1. The lowest BCUT2D eigenvalue weighted by Gasteiger charge is -2.08. The number of hydrogen-bond acceptors (Lipinski definition) is 3. The minimum absolute atomic E-state index is 0.0428. The van der Waals surface area contributed by atoms with E-state index in [-0.39, 0.29) is 18.6 Å². The van der Waals surface area contributed by atoms with E-state index in [2.05, 4.69) is 0 Å². The Labute approximate surface area is 106 Å². The minimum atomic E-state index is -0.0854. The molecule has 0 aliphatic heterocycles. The van der Waals surface area contributed by atoms with E-state index < -0.39 is 0 Å². The first-order valence-electron chi connectivity index (χ1n) is 5.80. The number of nitriles is 1. The second kappa shape index (κ2) is 5.83. The number of ether oxygens (including phenoxy) is 1. The van der Waals surface area contributed by atoms with Crippen LogP contribution < -0.4 is 4.74 Å². The van der Waals surface area contributed by atoms with Gasteiger partial charge in [0, 0.05) is 11.8 Å². The van der Waals surface area contributed by atoms with Crippen LogP contribution in [0.3, 0.4) is 0 Å². The Kier molecular flexibility index (Phi) is 3.93. The third-order valence-corrected chi connectivity index (χ3v) is 2.66. The molecule has 0 N–H and O–H groups in total. The van der Waals surface area contributed by atoms with Crippen LogP contribution in [0.15, 0.2) is 42.5 Å². The number of benzene rings is 2. The predicted molar refractivity (Wildman–Crippen MR) is 69.3 cm³/mol. The second-order valence-corrected chi connectivity index (χ2v) is 3.95. The van der Waals surface area contributed by atoms with Crippen LogP contribution in [0.25, 0.3) is 10.8 Å². The van der Waals surface area contributed by atoms with Gasteiger partial charge in [0.05, 0.1) is 19.1 Å². The molecule has 0 spiro atoms. The molecule has 3 heteroatoms. The van der Waals surface area contributed by atoms with E-state index in [9.17, 15) is 4.79 Å². The zero-order chi connectivity index (χ0) is 12.8. The summed E-state index contributed by atoms with van der Waals surface area (Å²) in [5.41, 5.74) is 0. The fourth-order valence-corrected chi connectivity index (χ4v) is 1.77. The molecule has 0 fully saturated rings. The van der Waals surface area contributed by atoms with Gasteiger partial charge in [-0.1, -0.05) is 36.4 Å². The van der Waals surface area contributed by atoms with Crippen molar-refractivity contribution in [2.45, 2.75) is 12.8 Å². The van der Waals surface area contributed by atoms with Gasteiger partial charge in [0.15, 0.2) is 0 Å². The molecular weight excluding hydrogens is 226 g/mol. The molecule has 0 bridgehead atoms. The Bertz CT molecular complexity index is 593. The normalized spacial score (nSPS) is 9.94. The Balaban J connectivity index is 2.04. The van der Waals surface area contributed by atoms with E-state index in [1.807, 2.05) is 48.5 Å². The SMILES string of the molecule is N#CCC(=O)CCOc1cccc2ccccc12. The van der Waals surface area contributed by atoms with Gasteiger partial charge in [0.1, 0.15) is 11.5 Å². The Morgan fingerprint density at radius 2 is 1.94 bits per heavy atom. The van der Waals surface area contributed by atoms with Gasteiger partial charge in [0.25, 0.3) is 0 Å². The summed E-state index contributed by atoms with van der Waals surface area (Å²) in [6.45, 7) is 0.314. The minimum Gasteiger partial charge on any atom is -0.492 e. The van der Waals surface area contributed by atoms with E-state index in [1.54, 1.807) is 0 Å². The molecule has 0 saturated carbocycles. The first kappa shape index (κ1) is 12.1. The number of Topliss-reactive ketones (excluding diaryl/α,β-unsaturated/α-hetero) is 1. The maximum absolute atomic E-state index is 11.2. The number of fused-ring (bicyclic) bond motifs is 1. The molecule has 0 saturated heterocycles. The molecule has 3 nitrogen and oxygen atoms in total. The highest BCUT2D eigenvalue weighted by Gasteiger charge is 2.04. The maximum Gasteiger partial charge on any atom is 0.150 e. The van der Waals surface area contributed by atoms with Crippen LogP contribution in [-0.2, 0) is 4.79 Å². The van der Waals surface area contributed by atoms with Crippen molar-refractivity contribution in [3.8, 4) is 11.8 Å². The summed E-state index contributed by atoms with van der Waals surface area (Å²) in [7, 11) is 0. The summed E-state index contributed by atoms with van der Waals surface area (Å²) in [4.78, 5) is 11.2. The van der Waals surface area contributed by atoms with Crippen molar-refractivity contribution in [3.05, 3.63) is 42.5 Å². The summed E-state index contributed by atoms with van der Waals surface area (Å²) in [6.07, 6.45) is 0.232. The van der Waals surface area contributed by atoms with Gasteiger partial charge >= 0.3 is 0 Å². The molecule has 0 unspecified atom stereocenters. The highest BCUT2D eigenvalue weighted by Crippen LogP contribution is 2.25. The van der Waals surface area contributed by atoms with Crippen LogP contribution in [0.2, 0.25) is 0 Å². The highest BCUT2D eigenvalue weighted by atomic mass is 16.5. The number of ketones is 1. The Morgan fingerprint density at radius 1 is 1.17 bits per heavy atom. The average molecular weight is 239 g/mol. The van der Waals surface area contributed by atoms with Crippen molar-refractivity contribution in [1.29, 1.82) is 5.26 Å². The quantitative estimate of drug-likeness (QED) is 0.805. The number of nitrogens with zero attached hydrogens (tertiary/aromatic N) is 1. The van der Waals surface area contributed by atoms with Crippen molar-refractivity contribution in [2.75, 3.05) is 6.61 Å². The maximum atomic E-state index is 11.2. The van der Waals surface area contributed by atoms with Gasteiger partial charge in [-0.15, -0.1) is 0 Å².